The molecule has 0 aliphatic rings. The van der Waals surface area contributed by atoms with Gasteiger partial charge in [0.1, 0.15) is 5.69 Å². The minimum Gasteiger partial charge on any atom is -0.383 e. The molecule has 0 bridgehead atoms. The third-order valence-corrected chi connectivity index (χ3v) is 3.10. The van der Waals surface area contributed by atoms with E-state index in [1.54, 1.807) is 24.1 Å². The molecule has 0 N–H and O–H groups in total. The fourth-order valence-corrected chi connectivity index (χ4v) is 2.07. The number of aryl methyl sites for hydroxylation is 1. The first-order valence-electron chi connectivity index (χ1n) is 6.41. The zero-order valence-electron chi connectivity index (χ0n) is 11.3. The molecule has 0 saturated heterocycles. The normalized spacial score (nSPS) is 10.6. The van der Waals surface area contributed by atoms with E-state index in [-0.39, 0.29) is 5.78 Å². The van der Waals surface area contributed by atoms with Crippen LogP contribution in [0.15, 0.2) is 36.5 Å². The molecule has 19 heavy (non-hydrogen) atoms. The van der Waals surface area contributed by atoms with E-state index >= 15 is 0 Å². The topological polar surface area (TPSA) is 44.1 Å². The van der Waals surface area contributed by atoms with Crippen LogP contribution in [0.3, 0.4) is 0 Å². The van der Waals surface area contributed by atoms with E-state index in [4.69, 9.17) is 4.74 Å². The molecule has 4 heteroatoms. The largest absolute Gasteiger partial charge is 0.383 e. The number of carbonyl (C=O) groups excluding carboxylic acids is 1. The quantitative estimate of drug-likeness (QED) is 0.747. The van der Waals surface area contributed by atoms with Crippen molar-refractivity contribution in [1.29, 1.82) is 0 Å². The average molecular weight is 258 g/mol. The molecule has 2 rings (SSSR count). The lowest BCUT2D eigenvalue weighted by molar-refractivity contribution is 0.102. The molecule has 0 aliphatic carbocycles. The highest BCUT2D eigenvalue weighted by molar-refractivity contribution is 6.08. The maximum atomic E-state index is 12.6. The van der Waals surface area contributed by atoms with Crippen LogP contribution < -0.4 is 0 Å². The van der Waals surface area contributed by atoms with Crippen LogP contribution in [0.2, 0.25) is 0 Å². The van der Waals surface area contributed by atoms with Crippen LogP contribution in [0, 0.1) is 0 Å². The van der Waals surface area contributed by atoms with Crippen LogP contribution in [-0.2, 0) is 17.7 Å². The number of aromatic nitrogens is 2. The molecule has 1 heterocycles. The Bertz CT molecular complexity index is 561. The van der Waals surface area contributed by atoms with Crippen molar-refractivity contribution in [2.24, 2.45) is 0 Å². The van der Waals surface area contributed by atoms with Crippen molar-refractivity contribution in [3.63, 3.8) is 0 Å². The monoisotopic (exact) mass is 258 g/mol. The third-order valence-electron chi connectivity index (χ3n) is 3.10. The van der Waals surface area contributed by atoms with Crippen molar-refractivity contribution in [1.82, 2.24) is 9.78 Å². The lowest BCUT2D eigenvalue weighted by Gasteiger charge is -2.09. The van der Waals surface area contributed by atoms with Crippen molar-refractivity contribution < 1.29 is 9.53 Å². The standard InChI is InChI=1S/C15H18N2O2/c1-3-12-6-4-5-7-13(12)15(18)14-8-9-16-17(14)10-11-19-2/h4-9H,3,10-11H2,1-2H3. The highest BCUT2D eigenvalue weighted by Gasteiger charge is 2.16. The molecule has 2 aromatic rings. The van der Waals surface area contributed by atoms with Gasteiger partial charge in [0.2, 0.25) is 5.78 Å². The van der Waals surface area contributed by atoms with Gasteiger partial charge in [0.25, 0.3) is 0 Å². The Morgan fingerprint density at radius 2 is 2.11 bits per heavy atom. The number of rotatable bonds is 6. The molecular weight excluding hydrogens is 240 g/mol. The summed E-state index contributed by atoms with van der Waals surface area (Å²) in [6.45, 7) is 3.17. The molecule has 0 radical (unpaired) electrons. The second kappa shape index (κ2) is 6.29. The fourth-order valence-electron chi connectivity index (χ4n) is 2.07. The van der Waals surface area contributed by atoms with Gasteiger partial charge < -0.3 is 4.74 Å². The van der Waals surface area contributed by atoms with Crippen molar-refractivity contribution in [2.75, 3.05) is 13.7 Å². The van der Waals surface area contributed by atoms with E-state index in [0.717, 1.165) is 17.5 Å². The van der Waals surface area contributed by atoms with Crippen molar-refractivity contribution in [3.8, 4) is 0 Å². The number of carbonyl (C=O) groups is 1. The van der Waals surface area contributed by atoms with E-state index in [1.807, 2.05) is 31.2 Å². The smallest absolute Gasteiger partial charge is 0.211 e. The number of methoxy groups -OCH3 is 1. The molecule has 0 atom stereocenters. The van der Waals surface area contributed by atoms with Gasteiger partial charge >= 0.3 is 0 Å². The molecule has 0 unspecified atom stereocenters. The molecular formula is C15H18N2O2. The van der Waals surface area contributed by atoms with Gasteiger partial charge in [-0.2, -0.15) is 5.10 Å². The number of hydrogen-bond donors (Lipinski definition) is 0. The van der Waals surface area contributed by atoms with Gasteiger partial charge in [0, 0.05) is 18.9 Å². The van der Waals surface area contributed by atoms with Crippen LogP contribution in [0.1, 0.15) is 28.5 Å². The Kier molecular flexibility index (Phi) is 4.47. The highest BCUT2D eigenvalue weighted by atomic mass is 16.5. The summed E-state index contributed by atoms with van der Waals surface area (Å²) in [4.78, 5) is 12.6. The molecule has 0 saturated carbocycles. The van der Waals surface area contributed by atoms with E-state index in [1.165, 1.54) is 0 Å². The first-order valence-corrected chi connectivity index (χ1v) is 6.41. The Morgan fingerprint density at radius 3 is 2.84 bits per heavy atom. The molecule has 4 nitrogen and oxygen atoms in total. The van der Waals surface area contributed by atoms with E-state index in [2.05, 4.69) is 5.10 Å². The summed E-state index contributed by atoms with van der Waals surface area (Å²) >= 11 is 0. The van der Waals surface area contributed by atoms with Gasteiger partial charge in [0.05, 0.1) is 13.2 Å². The summed E-state index contributed by atoms with van der Waals surface area (Å²) in [6, 6.07) is 9.46. The summed E-state index contributed by atoms with van der Waals surface area (Å²) in [5.74, 6) is 0.0195. The zero-order valence-corrected chi connectivity index (χ0v) is 11.3. The number of ketones is 1. The lowest BCUT2D eigenvalue weighted by Crippen LogP contribution is -2.15. The number of benzene rings is 1. The average Bonchev–Trinajstić information content (AvgIpc) is 2.92. The van der Waals surface area contributed by atoms with E-state index in [9.17, 15) is 4.79 Å². The van der Waals surface area contributed by atoms with Gasteiger partial charge in [-0.15, -0.1) is 0 Å². The van der Waals surface area contributed by atoms with Crippen molar-refractivity contribution >= 4 is 5.78 Å². The first kappa shape index (κ1) is 13.5. The Labute approximate surface area is 113 Å². The van der Waals surface area contributed by atoms with Crippen molar-refractivity contribution in [3.05, 3.63) is 53.3 Å². The lowest BCUT2D eigenvalue weighted by atomic mass is 10.00. The maximum Gasteiger partial charge on any atom is 0.211 e. The number of nitrogens with zero attached hydrogens (tertiary/aromatic N) is 2. The predicted molar refractivity (Wildman–Crippen MR) is 73.4 cm³/mol. The summed E-state index contributed by atoms with van der Waals surface area (Å²) in [5, 5.41) is 4.17. The van der Waals surface area contributed by atoms with Crippen LogP contribution in [-0.4, -0.2) is 29.3 Å². The Balaban J connectivity index is 2.31. The zero-order chi connectivity index (χ0) is 13.7. The number of hydrogen-bond acceptors (Lipinski definition) is 3. The summed E-state index contributed by atoms with van der Waals surface area (Å²) in [5.41, 5.74) is 2.43. The molecule has 0 aliphatic heterocycles. The maximum absolute atomic E-state index is 12.6. The molecule has 0 spiro atoms. The summed E-state index contributed by atoms with van der Waals surface area (Å²) < 4.78 is 6.72. The van der Waals surface area contributed by atoms with Gasteiger partial charge in [-0.3, -0.25) is 9.48 Å². The predicted octanol–water partition coefficient (Wildman–Crippen LogP) is 2.32. The van der Waals surface area contributed by atoms with Crippen molar-refractivity contribution in [2.45, 2.75) is 19.9 Å². The van der Waals surface area contributed by atoms with E-state index < -0.39 is 0 Å². The Hall–Kier alpha value is -1.94. The van der Waals surface area contributed by atoms with Crippen LogP contribution >= 0.6 is 0 Å². The van der Waals surface area contributed by atoms with Gasteiger partial charge in [0.15, 0.2) is 0 Å². The second-order valence-corrected chi connectivity index (χ2v) is 4.27. The minimum absolute atomic E-state index is 0.0195. The van der Waals surface area contributed by atoms with Gasteiger partial charge in [-0.25, -0.2) is 0 Å². The molecule has 0 amide bonds. The Morgan fingerprint density at radius 1 is 1.32 bits per heavy atom. The van der Waals surface area contributed by atoms with E-state index in [0.29, 0.717) is 18.8 Å². The van der Waals surface area contributed by atoms with Crippen LogP contribution in [0.5, 0.6) is 0 Å². The molecule has 1 aromatic heterocycles. The molecule has 100 valence electrons. The SMILES string of the molecule is CCc1ccccc1C(=O)c1ccnn1CCOC. The molecule has 0 fully saturated rings. The van der Waals surface area contributed by atoms with Gasteiger partial charge in [-0.1, -0.05) is 31.2 Å². The number of ether oxygens (including phenoxy) is 1. The van der Waals surface area contributed by atoms with Crippen LogP contribution in [0.4, 0.5) is 0 Å². The minimum atomic E-state index is 0.0195. The van der Waals surface area contributed by atoms with Gasteiger partial charge in [-0.05, 0) is 18.1 Å². The third kappa shape index (κ3) is 2.90. The fraction of sp³-hybridized carbons (Fsp3) is 0.333. The van der Waals surface area contributed by atoms with Crippen LogP contribution in [0.25, 0.3) is 0 Å². The molecule has 1 aromatic carbocycles. The summed E-state index contributed by atoms with van der Waals surface area (Å²) in [7, 11) is 1.64. The second-order valence-electron chi connectivity index (χ2n) is 4.27. The first-order chi connectivity index (χ1) is 9.27. The highest BCUT2D eigenvalue weighted by Crippen LogP contribution is 2.15. The summed E-state index contributed by atoms with van der Waals surface area (Å²) in [6.07, 6.45) is 2.49.